The quantitative estimate of drug-likeness (QED) is 0.652. The first-order valence-electron chi connectivity index (χ1n) is 4.06. The molecule has 13 heavy (non-hydrogen) atoms. The highest BCUT2D eigenvalue weighted by Crippen LogP contribution is 2.32. The first kappa shape index (κ1) is 9.90. The van der Waals surface area contributed by atoms with E-state index in [1.54, 1.807) is 25.1 Å². The van der Waals surface area contributed by atoms with E-state index in [2.05, 4.69) is 6.58 Å². The van der Waals surface area contributed by atoms with E-state index < -0.39 is 5.92 Å². The zero-order valence-corrected chi connectivity index (χ0v) is 7.77. The van der Waals surface area contributed by atoms with Gasteiger partial charge < -0.3 is 0 Å². The summed E-state index contributed by atoms with van der Waals surface area (Å²) >= 11 is 0. The predicted molar refractivity (Wildman–Crippen MR) is 50.7 cm³/mol. The third-order valence-corrected chi connectivity index (χ3v) is 1.86. The van der Waals surface area contributed by atoms with E-state index in [0.717, 1.165) is 6.92 Å². The Morgan fingerprint density at radius 3 is 2.23 bits per heavy atom. The molecule has 70 valence electrons. The van der Waals surface area contributed by atoms with E-state index in [1.165, 1.54) is 6.07 Å². The van der Waals surface area contributed by atoms with Crippen molar-refractivity contribution < 1.29 is 8.78 Å². The maximum atomic E-state index is 13.0. The van der Waals surface area contributed by atoms with E-state index in [4.69, 9.17) is 0 Å². The largest absolute Gasteiger partial charge is 0.271 e. The van der Waals surface area contributed by atoms with Gasteiger partial charge in [-0.2, -0.15) is 0 Å². The molecule has 2 heteroatoms. The summed E-state index contributed by atoms with van der Waals surface area (Å²) in [5.74, 6) is -2.80. The van der Waals surface area contributed by atoms with Crippen molar-refractivity contribution in [3.8, 4) is 0 Å². The zero-order valence-electron chi connectivity index (χ0n) is 7.77. The monoisotopic (exact) mass is 182 g/mol. The van der Waals surface area contributed by atoms with Crippen LogP contribution >= 0.6 is 0 Å². The first-order valence-corrected chi connectivity index (χ1v) is 4.06. The summed E-state index contributed by atoms with van der Waals surface area (Å²) in [4.78, 5) is 0. The Bertz CT molecular complexity index is 321. The van der Waals surface area contributed by atoms with Gasteiger partial charge in [0.2, 0.25) is 0 Å². The second-order valence-corrected chi connectivity index (χ2v) is 3.21. The lowest BCUT2D eigenvalue weighted by molar-refractivity contribution is 0.0172. The van der Waals surface area contributed by atoms with Crippen LogP contribution in [0.3, 0.4) is 0 Å². The summed E-state index contributed by atoms with van der Waals surface area (Å²) < 4.78 is 26.1. The van der Waals surface area contributed by atoms with Gasteiger partial charge in [0.15, 0.2) is 0 Å². The molecule has 1 aromatic carbocycles. The van der Waals surface area contributed by atoms with Crippen LogP contribution < -0.4 is 0 Å². The highest BCUT2D eigenvalue weighted by atomic mass is 19.3. The summed E-state index contributed by atoms with van der Waals surface area (Å²) in [6.45, 7) is 6.29. The van der Waals surface area contributed by atoms with Crippen LogP contribution in [0.5, 0.6) is 0 Å². The van der Waals surface area contributed by atoms with Crippen molar-refractivity contribution in [3.63, 3.8) is 0 Å². The molecule has 0 amide bonds. The topological polar surface area (TPSA) is 0 Å². The third-order valence-electron chi connectivity index (χ3n) is 1.86. The molecule has 0 aliphatic carbocycles. The Labute approximate surface area is 76.9 Å². The normalized spacial score (nSPS) is 11.4. The smallest absolute Gasteiger partial charge is 0.202 e. The van der Waals surface area contributed by atoms with Crippen LogP contribution in [0, 0.1) is 0 Å². The molecule has 0 heterocycles. The lowest BCUT2D eigenvalue weighted by Gasteiger charge is -2.15. The molecule has 0 saturated heterocycles. The van der Waals surface area contributed by atoms with Crippen LogP contribution in [-0.2, 0) is 5.92 Å². The van der Waals surface area contributed by atoms with E-state index in [9.17, 15) is 8.78 Å². The predicted octanol–water partition coefficient (Wildman–Crippen LogP) is 3.83. The second kappa shape index (κ2) is 3.29. The highest BCUT2D eigenvalue weighted by Gasteiger charge is 2.26. The average Bonchev–Trinajstić information content (AvgIpc) is 2.03. The molecule has 1 rings (SSSR count). The molecule has 0 radical (unpaired) electrons. The van der Waals surface area contributed by atoms with Gasteiger partial charge in [-0.25, -0.2) is 8.78 Å². The highest BCUT2D eigenvalue weighted by molar-refractivity contribution is 5.65. The Kier molecular flexibility index (Phi) is 2.50. The minimum absolute atomic E-state index is 0.0440. The molecule has 0 aromatic heterocycles. The zero-order chi connectivity index (χ0) is 10.1. The van der Waals surface area contributed by atoms with Crippen molar-refractivity contribution in [2.75, 3.05) is 0 Å². The Balaban J connectivity index is 3.28. The van der Waals surface area contributed by atoms with Gasteiger partial charge in [0.1, 0.15) is 0 Å². The van der Waals surface area contributed by atoms with E-state index in [0.29, 0.717) is 11.1 Å². The van der Waals surface area contributed by atoms with Gasteiger partial charge in [0.25, 0.3) is 5.92 Å². The fourth-order valence-corrected chi connectivity index (χ4v) is 1.24. The molecule has 0 unspecified atom stereocenters. The summed E-state index contributed by atoms with van der Waals surface area (Å²) in [5.41, 5.74) is 1.25. The van der Waals surface area contributed by atoms with Gasteiger partial charge >= 0.3 is 0 Å². The van der Waals surface area contributed by atoms with Crippen molar-refractivity contribution in [1.29, 1.82) is 0 Å². The minimum atomic E-state index is -2.80. The van der Waals surface area contributed by atoms with E-state index >= 15 is 0 Å². The van der Waals surface area contributed by atoms with Crippen LogP contribution in [-0.4, -0.2) is 0 Å². The molecule has 0 aliphatic heterocycles. The number of alkyl halides is 2. The van der Waals surface area contributed by atoms with Crippen molar-refractivity contribution in [1.82, 2.24) is 0 Å². The number of allylic oxidation sites excluding steroid dienone is 1. The first-order chi connectivity index (χ1) is 5.93. The summed E-state index contributed by atoms with van der Waals surface area (Å²) in [6.07, 6.45) is 0. The summed E-state index contributed by atoms with van der Waals surface area (Å²) in [5, 5.41) is 0. The molecular weight excluding hydrogens is 170 g/mol. The van der Waals surface area contributed by atoms with Gasteiger partial charge in [0.05, 0.1) is 0 Å². The number of benzene rings is 1. The third kappa shape index (κ3) is 2.14. The number of halogens is 2. The fraction of sp³-hybridized carbons (Fsp3) is 0.273. The second-order valence-electron chi connectivity index (χ2n) is 3.21. The molecule has 0 bridgehead atoms. The van der Waals surface area contributed by atoms with Crippen LogP contribution in [0.15, 0.2) is 30.8 Å². The van der Waals surface area contributed by atoms with Gasteiger partial charge in [-0.05, 0) is 12.5 Å². The summed E-state index contributed by atoms with van der Waals surface area (Å²) in [7, 11) is 0. The number of hydrogen-bond donors (Lipinski definition) is 0. The summed E-state index contributed by atoms with van der Waals surface area (Å²) in [6, 6.07) is 6.44. The fourth-order valence-electron chi connectivity index (χ4n) is 1.24. The van der Waals surface area contributed by atoms with E-state index in [-0.39, 0.29) is 5.56 Å². The average molecular weight is 182 g/mol. The molecule has 0 nitrogen and oxygen atoms in total. The molecular formula is C11H12F2. The van der Waals surface area contributed by atoms with Gasteiger partial charge in [-0.3, -0.25) is 0 Å². The molecule has 0 atom stereocenters. The van der Waals surface area contributed by atoms with Crippen molar-refractivity contribution in [2.24, 2.45) is 0 Å². The Morgan fingerprint density at radius 2 is 1.85 bits per heavy atom. The van der Waals surface area contributed by atoms with Crippen LogP contribution in [0.2, 0.25) is 0 Å². The van der Waals surface area contributed by atoms with Gasteiger partial charge in [-0.15, -0.1) is 0 Å². The maximum Gasteiger partial charge on any atom is 0.271 e. The molecule has 0 fully saturated rings. The van der Waals surface area contributed by atoms with Crippen LogP contribution in [0.4, 0.5) is 8.78 Å². The molecule has 0 saturated carbocycles. The minimum Gasteiger partial charge on any atom is -0.202 e. The molecule has 0 N–H and O–H groups in total. The van der Waals surface area contributed by atoms with Crippen LogP contribution in [0.1, 0.15) is 25.0 Å². The van der Waals surface area contributed by atoms with Crippen molar-refractivity contribution >= 4 is 5.57 Å². The SMILES string of the molecule is C=C(C)c1ccccc1C(C)(F)F. The lowest BCUT2D eigenvalue weighted by atomic mass is 9.98. The van der Waals surface area contributed by atoms with Crippen LogP contribution in [0.25, 0.3) is 5.57 Å². The molecule has 0 spiro atoms. The molecule has 1 aromatic rings. The number of hydrogen-bond acceptors (Lipinski definition) is 0. The standard InChI is InChI=1S/C11H12F2/c1-8(2)9-6-4-5-7-10(9)11(3,12)13/h4-7H,1H2,2-3H3. The number of rotatable bonds is 2. The molecule has 0 aliphatic rings. The van der Waals surface area contributed by atoms with Gasteiger partial charge in [-0.1, -0.05) is 36.4 Å². The lowest BCUT2D eigenvalue weighted by Crippen LogP contribution is -2.09. The van der Waals surface area contributed by atoms with Gasteiger partial charge in [0, 0.05) is 12.5 Å². The maximum absolute atomic E-state index is 13.0. The Hall–Kier alpha value is -1.18. The van der Waals surface area contributed by atoms with Crippen molar-refractivity contribution in [2.45, 2.75) is 19.8 Å². The van der Waals surface area contributed by atoms with E-state index in [1.807, 2.05) is 0 Å². The van der Waals surface area contributed by atoms with Crippen molar-refractivity contribution in [3.05, 3.63) is 42.0 Å². The Morgan fingerprint density at radius 1 is 1.31 bits per heavy atom.